The van der Waals surface area contributed by atoms with Crippen molar-refractivity contribution in [3.05, 3.63) is 72.8 Å². The van der Waals surface area contributed by atoms with Gasteiger partial charge in [-0.15, -0.1) is 0 Å². The fraction of sp³-hybridized carbons (Fsp3) is 0.455. The van der Waals surface area contributed by atoms with Gasteiger partial charge in [0.05, 0.1) is 33.0 Å². The lowest BCUT2D eigenvalue weighted by Crippen LogP contribution is -2.22. The molecule has 3 aliphatic rings. The largest absolute Gasteiger partial charge is 0.380 e. The number of halogens is 3. The molecule has 0 saturated carbocycles. The Morgan fingerprint density at radius 2 is 0.667 bits per heavy atom. The molecule has 1 unspecified atom stereocenters. The maximum Gasteiger partial charge on any atom is 0.261 e. The number of benzene rings is 3. The molecule has 282 valence electrons. The highest BCUT2D eigenvalue weighted by Crippen LogP contribution is 2.27. The Morgan fingerprint density at radius 1 is 0.451 bits per heavy atom. The summed E-state index contributed by atoms with van der Waals surface area (Å²) >= 11 is 0. The highest BCUT2D eigenvalue weighted by Gasteiger charge is 2.24. The summed E-state index contributed by atoms with van der Waals surface area (Å²) < 4.78 is 82.4. The van der Waals surface area contributed by atoms with Gasteiger partial charge in [-0.05, 0) is 92.1 Å². The first kappa shape index (κ1) is 41.4. The zero-order valence-electron chi connectivity index (χ0n) is 28.4. The number of nitrogens with zero attached hydrogens (tertiary/aromatic N) is 3. The minimum absolute atomic E-state index is 0.130. The molecule has 3 aliphatic heterocycles. The van der Waals surface area contributed by atoms with E-state index in [0.717, 1.165) is 75.6 Å². The van der Waals surface area contributed by atoms with Gasteiger partial charge in [-0.2, -0.15) is 0 Å². The molecule has 3 heterocycles. The molecule has 0 radical (unpaired) electrons. The Hall–Kier alpha value is -2.34. The Bertz CT molecular complexity index is 1680. The normalized spacial score (nSPS) is 20.8. The van der Waals surface area contributed by atoms with Crippen LogP contribution in [0.1, 0.15) is 19.3 Å². The third-order valence-corrected chi connectivity index (χ3v) is 13.0. The molecular weight excluding hydrogens is 785 g/mol. The summed E-state index contributed by atoms with van der Waals surface area (Å²) in [6, 6.07) is 19.8. The summed E-state index contributed by atoms with van der Waals surface area (Å²) in [5.41, 5.74) is 2.98. The second-order valence-electron chi connectivity index (χ2n) is 12.1. The van der Waals surface area contributed by atoms with Crippen LogP contribution >= 0.6 is 32.0 Å². The van der Waals surface area contributed by atoms with Crippen molar-refractivity contribution in [3.63, 3.8) is 0 Å². The third-order valence-electron chi connectivity index (χ3n) is 8.89. The van der Waals surface area contributed by atoms with E-state index in [1.54, 1.807) is 57.7 Å². The lowest BCUT2D eigenvalue weighted by molar-refractivity contribution is 0.121. The van der Waals surface area contributed by atoms with Crippen molar-refractivity contribution < 1.29 is 39.5 Å². The predicted octanol–water partition coefficient (Wildman–Crippen LogP) is 5.52. The molecular formula is C33H42Cl3N3O9S3. The first-order valence-electron chi connectivity index (χ1n) is 16.0. The Labute approximate surface area is 314 Å². The molecule has 3 atom stereocenters. The highest BCUT2D eigenvalue weighted by molar-refractivity contribution is 8.14. The zero-order valence-corrected chi connectivity index (χ0v) is 33.1. The molecule has 6 rings (SSSR count). The Morgan fingerprint density at radius 3 is 0.824 bits per heavy atom. The van der Waals surface area contributed by atoms with Gasteiger partial charge in [0.15, 0.2) is 0 Å². The molecule has 0 amide bonds. The maximum atomic E-state index is 11.1. The number of ether oxygens (including phenoxy) is 3. The summed E-state index contributed by atoms with van der Waals surface area (Å²) in [5.74, 6) is 0. The Kier molecular flexibility index (Phi) is 14.7. The summed E-state index contributed by atoms with van der Waals surface area (Å²) in [5, 5.41) is 0. The van der Waals surface area contributed by atoms with Crippen molar-refractivity contribution in [3.8, 4) is 0 Å². The second-order valence-corrected chi connectivity index (χ2v) is 19.8. The van der Waals surface area contributed by atoms with Crippen molar-refractivity contribution in [2.45, 2.75) is 52.3 Å². The van der Waals surface area contributed by atoms with Gasteiger partial charge in [-0.1, -0.05) is 0 Å². The van der Waals surface area contributed by atoms with Crippen molar-refractivity contribution in [1.29, 1.82) is 0 Å². The van der Waals surface area contributed by atoms with Gasteiger partial charge in [0.2, 0.25) is 0 Å². The molecule has 3 aromatic carbocycles. The first-order valence-corrected chi connectivity index (χ1v) is 22.9. The fourth-order valence-electron chi connectivity index (χ4n) is 5.92. The molecule has 0 N–H and O–H groups in total. The Balaban J connectivity index is 0.000000172. The van der Waals surface area contributed by atoms with Crippen molar-refractivity contribution >= 4 is 76.3 Å². The van der Waals surface area contributed by atoms with Crippen LogP contribution in [0.15, 0.2) is 87.5 Å². The van der Waals surface area contributed by atoms with E-state index in [-0.39, 0.29) is 33.0 Å². The lowest BCUT2D eigenvalue weighted by Gasteiger charge is -2.18. The molecule has 0 aliphatic carbocycles. The van der Waals surface area contributed by atoms with Gasteiger partial charge in [-0.25, -0.2) is 25.3 Å². The number of anilines is 3. The van der Waals surface area contributed by atoms with Crippen LogP contribution in [0.4, 0.5) is 17.1 Å². The third kappa shape index (κ3) is 12.1. The summed E-state index contributed by atoms with van der Waals surface area (Å²) in [4.78, 5) is 6.89. The molecule has 3 saturated heterocycles. The summed E-state index contributed by atoms with van der Waals surface area (Å²) in [6.07, 6.45) is 3.74. The van der Waals surface area contributed by atoms with Gasteiger partial charge in [0.1, 0.15) is 0 Å². The molecule has 12 nitrogen and oxygen atoms in total. The fourth-order valence-corrected chi connectivity index (χ4v) is 8.23. The monoisotopic (exact) mass is 825 g/mol. The van der Waals surface area contributed by atoms with E-state index in [1.165, 1.54) is 36.4 Å². The van der Waals surface area contributed by atoms with E-state index in [9.17, 15) is 25.3 Å². The van der Waals surface area contributed by atoms with E-state index in [4.69, 9.17) is 46.3 Å². The van der Waals surface area contributed by atoms with Crippen LogP contribution < -0.4 is 14.7 Å². The van der Waals surface area contributed by atoms with Gasteiger partial charge < -0.3 is 28.9 Å². The summed E-state index contributed by atoms with van der Waals surface area (Å²) in [7, 11) is 9.99. The number of rotatable bonds is 9. The number of methoxy groups -OCH3 is 3. The molecule has 0 aromatic heterocycles. The van der Waals surface area contributed by atoms with E-state index >= 15 is 0 Å². The van der Waals surface area contributed by atoms with E-state index < -0.39 is 27.2 Å². The van der Waals surface area contributed by atoms with Crippen LogP contribution in [0.5, 0.6) is 0 Å². The van der Waals surface area contributed by atoms with Crippen LogP contribution in [0, 0.1) is 0 Å². The topological polar surface area (TPSA) is 140 Å². The smallest absolute Gasteiger partial charge is 0.261 e. The molecule has 18 heteroatoms. The van der Waals surface area contributed by atoms with E-state index in [2.05, 4.69) is 14.7 Å². The number of hydrogen-bond acceptors (Lipinski definition) is 12. The quantitative estimate of drug-likeness (QED) is 0.251. The predicted molar refractivity (Wildman–Crippen MR) is 201 cm³/mol. The van der Waals surface area contributed by atoms with Gasteiger partial charge in [0.25, 0.3) is 27.2 Å². The minimum Gasteiger partial charge on any atom is -0.380 e. The molecule has 0 bridgehead atoms. The van der Waals surface area contributed by atoms with Crippen LogP contribution in [-0.2, 0) is 41.4 Å². The van der Waals surface area contributed by atoms with Gasteiger partial charge >= 0.3 is 0 Å². The average molecular weight is 827 g/mol. The SMILES string of the molecule is COC1CCN(c2ccc(S(=O)(=O)Cl)cc2)C1.CO[C@@H]1CCN(c2ccc(S(=O)(=O)Cl)cc2)C1.CO[C@H]1CCN(c2ccc(S(=O)(=O)Cl)cc2)C1. The van der Waals surface area contributed by atoms with Gasteiger partial charge in [-0.3, -0.25) is 0 Å². The standard InChI is InChI=1S/3C11H14ClNO3S/c3*1-16-10-6-7-13(8-10)9-2-4-11(5-3-9)17(12,14)15/h3*2-5,10H,6-8H2,1H3/t2*10-;/m10./s1. The number of hydrogen-bond donors (Lipinski definition) is 0. The maximum absolute atomic E-state index is 11.1. The summed E-state index contributed by atoms with van der Waals surface area (Å²) in [6.45, 7) is 5.28. The molecule has 51 heavy (non-hydrogen) atoms. The van der Waals surface area contributed by atoms with E-state index in [0.29, 0.717) is 0 Å². The molecule has 3 fully saturated rings. The minimum atomic E-state index is -3.63. The lowest BCUT2D eigenvalue weighted by atomic mass is 10.3. The van der Waals surface area contributed by atoms with Crippen LogP contribution in [-0.4, -0.2) is 104 Å². The molecule has 0 spiro atoms. The van der Waals surface area contributed by atoms with Crippen LogP contribution in [0.2, 0.25) is 0 Å². The highest BCUT2D eigenvalue weighted by atomic mass is 35.7. The molecule has 3 aromatic rings. The second kappa shape index (κ2) is 18.1. The van der Waals surface area contributed by atoms with Crippen molar-refractivity contribution in [1.82, 2.24) is 0 Å². The van der Waals surface area contributed by atoms with Crippen LogP contribution in [0.25, 0.3) is 0 Å². The zero-order chi connectivity index (χ0) is 37.4. The van der Waals surface area contributed by atoms with Crippen molar-refractivity contribution in [2.75, 3.05) is 75.3 Å². The van der Waals surface area contributed by atoms with Crippen LogP contribution in [0.3, 0.4) is 0 Å². The first-order chi connectivity index (χ1) is 24.0. The average Bonchev–Trinajstić information content (AvgIpc) is 3.89. The van der Waals surface area contributed by atoms with Gasteiger partial charge in [0, 0.05) is 110 Å². The van der Waals surface area contributed by atoms with E-state index in [1.807, 2.05) is 0 Å². The van der Waals surface area contributed by atoms with Crippen molar-refractivity contribution in [2.24, 2.45) is 0 Å².